The van der Waals surface area contributed by atoms with Crippen LogP contribution in [0.3, 0.4) is 0 Å². The van der Waals surface area contributed by atoms with Gasteiger partial charge in [0.15, 0.2) is 6.10 Å². The Hall–Kier alpha value is -2.51. The van der Waals surface area contributed by atoms with Gasteiger partial charge in [0.25, 0.3) is 5.91 Å². The Morgan fingerprint density at radius 2 is 2.08 bits per heavy atom. The van der Waals surface area contributed by atoms with Gasteiger partial charge in [0.05, 0.1) is 12.8 Å². The molecule has 1 aromatic carbocycles. The lowest BCUT2D eigenvalue weighted by Crippen LogP contribution is -2.30. The number of benzene rings is 1. The molecule has 7 nitrogen and oxygen atoms in total. The van der Waals surface area contributed by atoms with Crippen LogP contribution in [0.2, 0.25) is 5.02 Å². The van der Waals surface area contributed by atoms with Gasteiger partial charge in [0, 0.05) is 5.02 Å². The molecule has 2 N–H and O–H groups in total. The van der Waals surface area contributed by atoms with E-state index in [-0.39, 0.29) is 17.9 Å². The largest absolute Gasteiger partial charge is 0.495 e. The summed E-state index contributed by atoms with van der Waals surface area (Å²) in [5, 5.41) is 12.1. The Morgan fingerprint density at radius 1 is 1.36 bits per heavy atom. The van der Waals surface area contributed by atoms with Gasteiger partial charge in [-0.1, -0.05) is 11.6 Å². The summed E-state index contributed by atoms with van der Waals surface area (Å²) < 4.78 is 15.5. The van der Waals surface area contributed by atoms with E-state index in [0.29, 0.717) is 22.2 Å². The standard InChI is InChI=1S/C17H18ClNO6/c1-9-13(7-12(8-20)24-9)17(22)25-10(2)16(21)19-14-6-11(18)4-5-15(14)23-3/h4-7,10,20H,8H2,1-3H3,(H,19,21)/t10-/m0/s1. The molecular formula is C17H18ClNO6. The molecule has 8 heteroatoms. The topological polar surface area (TPSA) is 98.0 Å². The number of hydrogen-bond donors (Lipinski definition) is 2. The zero-order valence-corrected chi connectivity index (χ0v) is 14.7. The maximum Gasteiger partial charge on any atom is 0.342 e. The van der Waals surface area contributed by atoms with Crippen LogP contribution < -0.4 is 10.1 Å². The summed E-state index contributed by atoms with van der Waals surface area (Å²) in [6.07, 6.45) is -1.07. The molecule has 134 valence electrons. The molecule has 1 amide bonds. The average molecular weight is 368 g/mol. The fourth-order valence-electron chi connectivity index (χ4n) is 2.11. The Kier molecular flexibility index (Phi) is 6.06. The van der Waals surface area contributed by atoms with Crippen LogP contribution in [0.25, 0.3) is 0 Å². The number of esters is 1. The highest BCUT2D eigenvalue weighted by molar-refractivity contribution is 6.31. The molecule has 1 heterocycles. The fraction of sp³-hybridized carbons (Fsp3) is 0.294. The van der Waals surface area contributed by atoms with Crippen molar-refractivity contribution in [3.05, 3.63) is 46.4 Å². The first-order valence-corrected chi connectivity index (χ1v) is 7.79. The van der Waals surface area contributed by atoms with Crippen molar-refractivity contribution >= 4 is 29.2 Å². The molecule has 0 aliphatic carbocycles. The molecule has 2 rings (SSSR count). The van der Waals surface area contributed by atoms with Crippen molar-refractivity contribution in [2.45, 2.75) is 26.6 Å². The van der Waals surface area contributed by atoms with E-state index in [1.807, 2.05) is 0 Å². The highest BCUT2D eigenvalue weighted by Gasteiger charge is 2.23. The van der Waals surface area contributed by atoms with Crippen molar-refractivity contribution in [1.29, 1.82) is 0 Å². The van der Waals surface area contributed by atoms with Gasteiger partial charge in [-0.25, -0.2) is 4.79 Å². The molecular weight excluding hydrogens is 350 g/mol. The SMILES string of the molecule is COc1ccc(Cl)cc1NC(=O)[C@H](C)OC(=O)c1cc(CO)oc1C. The molecule has 0 fully saturated rings. The Labute approximate surface area is 149 Å². The van der Waals surface area contributed by atoms with Crippen molar-refractivity contribution in [3.63, 3.8) is 0 Å². The first-order chi connectivity index (χ1) is 11.8. The van der Waals surface area contributed by atoms with Crippen LogP contribution in [0, 0.1) is 6.92 Å². The quantitative estimate of drug-likeness (QED) is 0.762. The van der Waals surface area contributed by atoms with E-state index in [1.54, 1.807) is 19.1 Å². The zero-order chi connectivity index (χ0) is 18.6. The minimum Gasteiger partial charge on any atom is -0.495 e. The number of aryl methyl sites for hydroxylation is 1. The minimum atomic E-state index is -1.07. The predicted octanol–water partition coefficient (Wildman–Crippen LogP) is 2.93. The van der Waals surface area contributed by atoms with E-state index in [2.05, 4.69) is 5.32 Å². The first kappa shape index (κ1) is 18.8. The van der Waals surface area contributed by atoms with E-state index in [9.17, 15) is 9.59 Å². The van der Waals surface area contributed by atoms with Crippen molar-refractivity contribution in [2.75, 3.05) is 12.4 Å². The maximum absolute atomic E-state index is 12.3. The van der Waals surface area contributed by atoms with E-state index < -0.39 is 18.0 Å². The number of methoxy groups -OCH3 is 1. The number of nitrogens with one attached hydrogen (secondary N) is 1. The zero-order valence-electron chi connectivity index (χ0n) is 14.0. The Bertz CT molecular complexity index is 785. The summed E-state index contributed by atoms with van der Waals surface area (Å²) in [6, 6.07) is 6.14. The van der Waals surface area contributed by atoms with Crippen molar-refractivity contribution in [2.24, 2.45) is 0 Å². The molecule has 0 aliphatic heterocycles. The van der Waals surface area contributed by atoms with Crippen LogP contribution in [0.4, 0.5) is 5.69 Å². The molecule has 25 heavy (non-hydrogen) atoms. The smallest absolute Gasteiger partial charge is 0.342 e. The number of aliphatic hydroxyl groups is 1. The number of halogens is 1. The molecule has 1 atom stereocenters. The van der Waals surface area contributed by atoms with Gasteiger partial charge in [-0.05, 0) is 38.1 Å². The number of furan rings is 1. The molecule has 2 aromatic rings. The monoisotopic (exact) mass is 367 g/mol. The second kappa shape index (κ2) is 8.04. The number of anilines is 1. The molecule has 0 aliphatic rings. The summed E-state index contributed by atoms with van der Waals surface area (Å²) in [5.41, 5.74) is 0.522. The third kappa shape index (κ3) is 4.52. The molecule has 0 bridgehead atoms. The lowest BCUT2D eigenvalue weighted by Gasteiger charge is -2.15. The predicted molar refractivity (Wildman–Crippen MR) is 90.9 cm³/mol. The summed E-state index contributed by atoms with van der Waals surface area (Å²) in [4.78, 5) is 24.4. The lowest BCUT2D eigenvalue weighted by molar-refractivity contribution is -0.123. The fourth-order valence-corrected chi connectivity index (χ4v) is 2.29. The van der Waals surface area contributed by atoms with Crippen LogP contribution in [-0.4, -0.2) is 30.2 Å². The summed E-state index contributed by atoms with van der Waals surface area (Å²) >= 11 is 5.91. The van der Waals surface area contributed by atoms with Crippen molar-refractivity contribution < 1.29 is 28.6 Å². The summed E-state index contributed by atoms with van der Waals surface area (Å²) in [7, 11) is 1.46. The van der Waals surface area contributed by atoms with E-state index in [4.69, 9.17) is 30.6 Å². The highest BCUT2D eigenvalue weighted by Crippen LogP contribution is 2.28. The summed E-state index contributed by atoms with van der Waals surface area (Å²) in [6.45, 7) is 2.67. The number of carbonyl (C=O) groups is 2. The van der Waals surface area contributed by atoms with Crippen molar-refractivity contribution in [1.82, 2.24) is 0 Å². The summed E-state index contributed by atoms with van der Waals surface area (Å²) in [5.74, 6) is -0.294. The number of rotatable bonds is 6. The van der Waals surface area contributed by atoms with Gasteiger partial charge >= 0.3 is 5.97 Å². The molecule has 1 aromatic heterocycles. The minimum absolute atomic E-state index is 0.157. The number of ether oxygens (including phenoxy) is 2. The number of amides is 1. The van der Waals surface area contributed by atoms with Gasteiger partial charge in [0.2, 0.25) is 0 Å². The highest BCUT2D eigenvalue weighted by atomic mass is 35.5. The van der Waals surface area contributed by atoms with Gasteiger partial charge < -0.3 is 24.3 Å². The van der Waals surface area contributed by atoms with Crippen molar-refractivity contribution in [3.8, 4) is 5.75 Å². The number of hydrogen-bond acceptors (Lipinski definition) is 6. The molecule has 0 saturated carbocycles. The molecule has 0 saturated heterocycles. The van der Waals surface area contributed by atoms with E-state index >= 15 is 0 Å². The van der Waals surface area contributed by atoms with Crippen LogP contribution >= 0.6 is 11.6 Å². The third-order valence-electron chi connectivity index (χ3n) is 3.42. The normalized spacial score (nSPS) is 11.7. The van der Waals surface area contributed by atoms with Crippen LogP contribution in [0.1, 0.15) is 28.8 Å². The van der Waals surface area contributed by atoms with Gasteiger partial charge in [-0.3, -0.25) is 4.79 Å². The molecule has 0 spiro atoms. The van der Waals surface area contributed by atoms with E-state index in [0.717, 1.165) is 0 Å². The van der Waals surface area contributed by atoms with Gasteiger partial charge in [-0.15, -0.1) is 0 Å². The molecule has 0 unspecified atom stereocenters. The number of carbonyl (C=O) groups excluding carboxylic acids is 2. The second-order valence-electron chi connectivity index (χ2n) is 5.22. The maximum atomic E-state index is 12.3. The first-order valence-electron chi connectivity index (χ1n) is 7.41. The Morgan fingerprint density at radius 3 is 2.68 bits per heavy atom. The van der Waals surface area contributed by atoms with E-state index in [1.165, 1.54) is 26.2 Å². The average Bonchev–Trinajstić information content (AvgIpc) is 2.96. The Balaban J connectivity index is 2.06. The van der Waals surface area contributed by atoms with Gasteiger partial charge in [0.1, 0.15) is 29.4 Å². The van der Waals surface area contributed by atoms with Gasteiger partial charge in [-0.2, -0.15) is 0 Å². The van der Waals surface area contributed by atoms with Crippen LogP contribution in [0.15, 0.2) is 28.7 Å². The number of aliphatic hydroxyl groups excluding tert-OH is 1. The van der Waals surface area contributed by atoms with Crippen LogP contribution in [-0.2, 0) is 16.1 Å². The third-order valence-corrected chi connectivity index (χ3v) is 3.65. The lowest BCUT2D eigenvalue weighted by atomic mass is 10.2. The molecule has 0 radical (unpaired) electrons. The second-order valence-corrected chi connectivity index (χ2v) is 5.66. The van der Waals surface area contributed by atoms with Crippen LogP contribution in [0.5, 0.6) is 5.75 Å².